The van der Waals surface area contributed by atoms with Gasteiger partial charge in [-0.25, -0.2) is 0 Å². The lowest BCUT2D eigenvalue weighted by molar-refractivity contribution is 0.181. The van der Waals surface area contributed by atoms with Gasteiger partial charge < -0.3 is 0 Å². The van der Waals surface area contributed by atoms with E-state index in [1.54, 1.807) is 0 Å². The van der Waals surface area contributed by atoms with E-state index in [2.05, 4.69) is 44.7 Å². The van der Waals surface area contributed by atoms with Crippen LogP contribution in [0, 0.1) is 5.92 Å². The highest BCUT2D eigenvalue weighted by Gasteiger charge is 2.24. The summed E-state index contributed by atoms with van der Waals surface area (Å²) in [5, 5.41) is 4.79. The Bertz CT molecular complexity index is 411. The Balaban J connectivity index is 1.58. The van der Waals surface area contributed by atoms with Gasteiger partial charge in [-0.05, 0) is 37.8 Å². The second-order valence-electron chi connectivity index (χ2n) is 6.24. The van der Waals surface area contributed by atoms with Crippen LogP contribution in [-0.2, 0) is 6.54 Å². The summed E-state index contributed by atoms with van der Waals surface area (Å²) in [5.74, 6) is 0.741. The number of rotatable bonds is 3. The van der Waals surface area contributed by atoms with Gasteiger partial charge in [0.05, 0.1) is 11.7 Å². The smallest absolute Gasteiger partial charge is 0.0764 e. The van der Waals surface area contributed by atoms with E-state index in [1.165, 1.54) is 50.9 Å². The van der Waals surface area contributed by atoms with Gasteiger partial charge in [0.25, 0.3) is 0 Å². The summed E-state index contributed by atoms with van der Waals surface area (Å²) in [5.41, 5.74) is 1.24. The Kier molecular flexibility index (Phi) is 4.27. The normalized spacial score (nSPS) is 30.0. The molecule has 1 aromatic rings. The lowest BCUT2D eigenvalue weighted by atomic mass is 10.00. The summed E-state index contributed by atoms with van der Waals surface area (Å²) in [7, 11) is 0. The molecule has 2 aliphatic rings. The van der Waals surface area contributed by atoms with Crippen molar-refractivity contribution < 1.29 is 0 Å². The van der Waals surface area contributed by atoms with Gasteiger partial charge in [-0.1, -0.05) is 35.7 Å². The van der Waals surface area contributed by atoms with Crippen molar-refractivity contribution in [1.29, 1.82) is 0 Å². The Morgan fingerprint density at radius 1 is 1.32 bits per heavy atom. The van der Waals surface area contributed by atoms with Crippen LogP contribution < -0.4 is 0 Å². The van der Waals surface area contributed by atoms with Crippen LogP contribution in [0.4, 0.5) is 0 Å². The fourth-order valence-electron chi connectivity index (χ4n) is 3.41. The minimum atomic E-state index is 0.668. The second-order valence-corrected chi connectivity index (χ2v) is 7.42. The highest BCUT2D eigenvalue weighted by atomic mass is 79.9. The van der Waals surface area contributed by atoms with Gasteiger partial charge in [0, 0.05) is 24.1 Å². The summed E-state index contributed by atoms with van der Waals surface area (Å²) < 4.78 is 2.21. The molecule has 2 fully saturated rings. The van der Waals surface area contributed by atoms with Gasteiger partial charge in [-0.15, -0.1) is 0 Å². The van der Waals surface area contributed by atoms with E-state index in [0.29, 0.717) is 10.9 Å². The average molecular weight is 326 g/mol. The Morgan fingerprint density at radius 3 is 2.84 bits per heavy atom. The van der Waals surface area contributed by atoms with Crippen LogP contribution in [0.25, 0.3) is 0 Å². The van der Waals surface area contributed by atoms with Crippen molar-refractivity contribution in [3.63, 3.8) is 0 Å². The SMILES string of the molecule is CC1CN(Cc2ccn(C3CCCC3)n2)CCC1Br. The molecular weight excluding hydrogens is 302 g/mol. The molecule has 0 radical (unpaired) electrons. The number of likely N-dealkylation sites (tertiary alicyclic amines) is 1. The molecular formula is C15H24BrN3. The fraction of sp³-hybridized carbons (Fsp3) is 0.800. The number of nitrogens with zero attached hydrogens (tertiary/aromatic N) is 3. The van der Waals surface area contributed by atoms with Crippen LogP contribution in [0.3, 0.4) is 0 Å². The van der Waals surface area contributed by atoms with Gasteiger partial charge >= 0.3 is 0 Å². The van der Waals surface area contributed by atoms with Gasteiger partial charge in [0.15, 0.2) is 0 Å². The molecule has 4 heteroatoms. The first-order valence-electron chi connectivity index (χ1n) is 7.63. The quantitative estimate of drug-likeness (QED) is 0.792. The molecule has 3 nitrogen and oxygen atoms in total. The van der Waals surface area contributed by atoms with Crippen LogP contribution >= 0.6 is 15.9 Å². The molecule has 1 aliphatic heterocycles. The van der Waals surface area contributed by atoms with Crippen molar-refractivity contribution in [3.8, 4) is 0 Å². The average Bonchev–Trinajstić information content (AvgIpc) is 3.04. The molecule has 0 N–H and O–H groups in total. The van der Waals surface area contributed by atoms with Gasteiger partial charge in [0.1, 0.15) is 0 Å². The van der Waals surface area contributed by atoms with Crippen molar-refractivity contribution in [1.82, 2.24) is 14.7 Å². The maximum atomic E-state index is 4.79. The molecule has 1 saturated carbocycles. The minimum absolute atomic E-state index is 0.668. The minimum Gasteiger partial charge on any atom is -0.297 e. The number of aromatic nitrogens is 2. The van der Waals surface area contributed by atoms with Crippen molar-refractivity contribution >= 4 is 15.9 Å². The standard InChI is InChI=1S/C15H24BrN3/c1-12-10-18(8-7-15(12)16)11-13-6-9-19(17-13)14-4-2-3-5-14/h6,9,12,14-15H,2-5,7-8,10-11H2,1H3. The first-order valence-corrected chi connectivity index (χ1v) is 8.54. The largest absolute Gasteiger partial charge is 0.297 e. The van der Waals surface area contributed by atoms with E-state index < -0.39 is 0 Å². The van der Waals surface area contributed by atoms with Crippen molar-refractivity contribution in [2.24, 2.45) is 5.92 Å². The van der Waals surface area contributed by atoms with Gasteiger partial charge in [0.2, 0.25) is 0 Å². The van der Waals surface area contributed by atoms with Crippen LogP contribution in [-0.4, -0.2) is 32.6 Å². The first kappa shape index (κ1) is 13.6. The monoisotopic (exact) mass is 325 g/mol. The third-order valence-electron chi connectivity index (χ3n) is 4.63. The number of alkyl halides is 1. The van der Waals surface area contributed by atoms with E-state index in [9.17, 15) is 0 Å². The molecule has 3 rings (SSSR count). The fourth-order valence-corrected chi connectivity index (χ4v) is 3.78. The van der Waals surface area contributed by atoms with E-state index >= 15 is 0 Å². The first-order chi connectivity index (χ1) is 9.22. The van der Waals surface area contributed by atoms with Crippen LogP contribution in [0.5, 0.6) is 0 Å². The predicted molar refractivity (Wildman–Crippen MR) is 81.5 cm³/mol. The number of hydrogen-bond donors (Lipinski definition) is 0. The molecule has 1 saturated heterocycles. The van der Waals surface area contributed by atoms with E-state index in [-0.39, 0.29) is 0 Å². The molecule has 2 heterocycles. The highest BCUT2D eigenvalue weighted by Crippen LogP contribution is 2.29. The summed E-state index contributed by atoms with van der Waals surface area (Å²) in [6.07, 6.45) is 8.81. The number of hydrogen-bond acceptors (Lipinski definition) is 2. The summed E-state index contributed by atoms with van der Waals surface area (Å²) >= 11 is 3.77. The molecule has 106 valence electrons. The molecule has 1 aromatic heterocycles. The van der Waals surface area contributed by atoms with E-state index in [0.717, 1.165) is 12.5 Å². The zero-order valence-corrected chi connectivity index (χ0v) is 13.3. The zero-order valence-electron chi connectivity index (χ0n) is 11.8. The summed E-state index contributed by atoms with van der Waals surface area (Å²) in [6.45, 7) is 5.73. The third kappa shape index (κ3) is 3.22. The molecule has 19 heavy (non-hydrogen) atoms. The van der Waals surface area contributed by atoms with Crippen LogP contribution in [0.2, 0.25) is 0 Å². The highest BCUT2D eigenvalue weighted by molar-refractivity contribution is 9.09. The van der Waals surface area contributed by atoms with Gasteiger partial charge in [-0.2, -0.15) is 5.10 Å². The molecule has 1 aliphatic carbocycles. The van der Waals surface area contributed by atoms with Gasteiger partial charge in [-0.3, -0.25) is 9.58 Å². The Hall–Kier alpha value is -0.350. The van der Waals surface area contributed by atoms with Crippen molar-refractivity contribution in [3.05, 3.63) is 18.0 Å². The molecule has 2 unspecified atom stereocenters. The lowest BCUT2D eigenvalue weighted by Crippen LogP contribution is -2.39. The molecule has 0 spiro atoms. The second kappa shape index (κ2) is 5.96. The lowest BCUT2D eigenvalue weighted by Gasteiger charge is -2.33. The van der Waals surface area contributed by atoms with Crippen molar-refractivity contribution in [2.75, 3.05) is 13.1 Å². The Morgan fingerprint density at radius 2 is 2.11 bits per heavy atom. The zero-order chi connectivity index (χ0) is 13.2. The Labute approximate surface area is 124 Å². The molecule has 0 aromatic carbocycles. The summed E-state index contributed by atoms with van der Waals surface area (Å²) in [6, 6.07) is 2.88. The maximum absolute atomic E-state index is 4.79. The van der Waals surface area contributed by atoms with E-state index in [1.807, 2.05) is 0 Å². The predicted octanol–water partition coefficient (Wildman–Crippen LogP) is 3.60. The van der Waals surface area contributed by atoms with E-state index in [4.69, 9.17) is 5.10 Å². The van der Waals surface area contributed by atoms with Crippen LogP contribution in [0.1, 0.15) is 50.8 Å². The van der Waals surface area contributed by atoms with Crippen LogP contribution in [0.15, 0.2) is 12.3 Å². The number of halogens is 1. The van der Waals surface area contributed by atoms with Crippen molar-refractivity contribution in [2.45, 2.75) is 56.4 Å². The topological polar surface area (TPSA) is 21.1 Å². The maximum Gasteiger partial charge on any atom is 0.0764 e. The third-order valence-corrected chi connectivity index (χ3v) is 5.99. The molecule has 2 atom stereocenters. The molecule has 0 bridgehead atoms. The summed E-state index contributed by atoms with van der Waals surface area (Å²) in [4.78, 5) is 3.24. The molecule has 0 amide bonds. The number of piperidine rings is 1.